The summed E-state index contributed by atoms with van der Waals surface area (Å²) in [5.74, 6) is 0.0498. The van der Waals surface area contributed by atoms with Gasteiger partial charge in [0.2, 0.25) is 5.88 Å². The van der Waals surface area contributed by atoms with Crippen LogP contribution in [0.4, 0.5) is 5.88 Å². The van der Waals surface area contributed by atoms with Gasteiger partial charge in [-0.15, -0.1) is 0 Å². The molecule has 0 bridgehead atoms. The molecule has 0 saturated carbocycles. The predicted octanol–water partition coefficient (Wildman–Crippen LogP) is 2.99. The van der Waals surface area contributed by atoms with Gasteiger partial charge < -0.3 is 4.52 Å². The van der Waals surface area contributed by atoms with E-state index < -0.39 is 0 Å². The van der Waals surface area contributed by atoms with Gasteiger partial charge in [-0.1, -0.05) is 35.5 Å². The van der Waals surface area contributed by atoms with Crippen molar-refractivity contribution in [1.82, 2.24) is 10.1 Å². The minimum absolute atomic E-state index is 0.261. The van der Waals surface area contributed by atoms with Gasteiger partial charge in [0.05, 0.1) is 0 Å². The quantitative estimate of drug-likeness (QED) is 0.790. The molecule has 0 unspecified atom stereocenters. The van der Waals surface area contributed by atoms with Gasteiger partial charge in [-0.05, 0) is 12.1 Å². The molecule has 2 heterocycles. The molecule has 1 N–H and O–H groups in total. The number of anilines is 1. The maximum atomic E-state index is 11.9. The molecular formula is C15H11N3O2. The first-order valence-electron chi connectivity index (χ1n) is 6.06. The smallest absolute Gasteiger partial charge is 0.258 e. The fraction of sp³-hybridized carbons (Fsp3) is 0. The largest absolute Gasteiger partial charge is 0.338 e. The van der Waals surface area contributed by atoms with Gasteiger partial charge in [0.25, 0.3) is 5.91 Å². The summed E-state index contributed by atoms with van der Waals surface area (Å²) >= 11 is 0. The van der Waals surface area contributed by atoms with E-state index in [1.807, 2.05) is 30.3 Å². The van der Waals surface area contributed by atoms with Crippen molar-refractivity contribution in [3.8, 4) is 11.3 Å². The summed E-state index contributed by atoms with van der Waals surface area (Å²) in [5, 5.41) is 6.58. The van der Waals surface area contributed by atoms with Crippen LogP contribution in [-0.2, 0) is 0 Å². The summed E-state index contributed by atoms with van der Waals surface area (Å²) in [6.07, 6.45) is 3.12. The first-order valence-corrected chi connectivity index (χ1v) is 6.06. The molecule has 0 spiro atoms. The van der Waals surface area contributed by atoms with Gasteiger partial charge in [-0.25, -0.2) is 0 Å². The normalized spacial score (nSPS) is 10.2. The number of hydrogen-bond donors (Lipinski definition) is 1. The molecule has 0 aliphatic heterocycles. The highest BCUT2D eigenvalue weighted by Crippen LogP contribution is 2.21. The molecule has 1 amide bonds. The second kappa shape index (κ2) is 5.36. The Labute approximate surface area is 115 Å². The first-order chi connectivity index (χ1) is 9.83. The number of nitrogens with zero attached hydrogens (tertiary/aromatic N) is 2. The van der Waals surface area contributed by atoms with Crippen LogP contribution in [0.3, 0.4) is 0 Å². The van der Waals surface area contributed by atoms with Crippen molar-refractivity contribution in [3.05, 3.63) is 66.5 Å². The van der Waals surface area contributed by atoms with Crippen LogP contribution in [0.15, 0.2) is 65.4 Å². The third kappa shape index (κ3) is 2.56. The minimum Gasteiger partial charge on any atom is -0.338 e. The number of pyridine rings is 1. The standard InChI is InChI=1S/C15H11N3O2/c19-15(12-6-8-16-9-7-12)17-14-10-13(18-20-14)11-4-2-1-3-5-11/h1-10H,(H,17,19). The molecule has 0 aliphatic carbocycles. The average Bonchev–Trinajstić information content (AvgIpc) is 2.97. The lowest BCUT2D eigenvalue weighted by Gasteiger charge is -1.99. The zero-order valence-corrected chi connectivity index (χ0v) is 10.5. The number of aromatic nitrogens is 2. The molecule has 0 saturated heterocycles. The number of rotatable bonds is 3. The molecule has 0 atom stereocenters. The van der Waals surface area contributed by atoms with E-state index in [0.29, 0.717) is 17.1 Å². The highest BCUT2D eigenvalue weighted by atomic mass is 16.5. The Hall–Kier alpha value is -2.95. The van der Waals surface area contributed by atoms with Crippen molar-refractivity contribution in [3.63, 3.8) is 0 Å². The molecular weight excluding hydrogens is 254 g/mol. The van der Waals surface area contributed by atoms with E-state index in [9.17, 15) is 4.79 Å². The highest BCUT2D eigenvalue weighted by molar-refractivity contribution is 6.03. The number of carbonyl (C=O) groups is 1. The van der Waals surface area contributed by atoms with Crippen LogP contribution in [-0.4, -0.2) is 16.0 Å². The van der Waals surface area contributed by atoms with Crippen LogP contribution in [0.5, 0.6) is 0 Å². The molecule has 0 fully saturated rings. The van der Waals surface area contributed by atoms with Crippen LogP contribution in [0.1, 0.15) is 10.4 Å². The topological polar surface area (TPSA) is 68.0 Å². The zero-order chi connectivity index (χ0) is 13.8. The molecule has 5 nitrogen and oxygen atoms in total. The van der Waals surface area contributed by atoms with E-state index in [2.05, 4.69) is 15.5 Å². The summed E-state index contributed by atoms with van der Waals surface area (Å²) in [4.78, 5) is 15.8. The first kappa shape index (κ1) is 12.1. The summed E-state index contributed by atoms with van der Waals surface area (Å²) in [5.41, 5.74) is 2.12. The minimum atomic E-state index is -0.261. The van der Waals surface area contributed by atoms with E-state index in [4.69, 9.17) is 4.52 Å². The number of benzene rings is 1. The Morgan fingerprint density at radius 2 is 1.80 bits per heavy atom. The van der Waals surface area contributed by atoms with Gasteiger partial charge >= 0.3 is 0 Å². The summed E-state index contributed by atoms with van der Waals surface area (Å²) in [6.45, 7) is 0. The number of hydrogen-bond acceptors (Lipinski definition) is 4. The van der Waals surface area contributed by atoms with Crippen LogP contribution in [0, 0.1) is 0 Å². The van der Waals surface area contributed by atoms with E-state index in [1.165, 1.54) is 0 Å². The van der Waals surface area contributed by atoms with Gasteiger partial charge in [0.15, 0.2) is 0 Å². The molecule has 5 heteroatoms. The molecule has 20 heavy (non-hydrogen) atoms. The summed E-state index contributed by atoms with van der Waals surface area (Å²) < 4.78 is 5.11. The highest BCUT2D eigenvalue weighted by Gasteiger charge is 2.10. The fourth-order valence-corrected chi connectivity index (χ4v) is 1.77. The second-order valence-corrected chi connectivity index (χ2v) is 4.13. The number of nitrogens with one attached hydrogen (secondary N) is 1. The van der Waals surface area contributed by atoms with Crippen molar-refractivity contribution in [1.29, 1.82) is 0 Å². The SMILES string of the molecule is O=C(Nc1cc(-c2ccccc2)no1)c1ccncc1. The van der Waals surface area contributed by atoms with Gasteiger partial charge in [-0.2, -0.15) is 0 Å². The molecule has 0 radical (unpaired) electrons. The van der Waals surface area contributed by atoms with Crippen LogP contribution < -0.4 is 5.32 Å². The Kier molecular flexibility index (Phi) is 3.24. The van der Waals surface area contributed by atoms with Gasteiger partial charge in [0.1, 0.15) is 5.69 Å². The summed E-state index contributed by atoms with van der Waals surface area (Å²) in [7, 11) is 0. The predicted molar refractivity (Wildman–Crippen MR) is 74.1 cm³/mol. The van der Waals surface area contributed by atoms with Crippen LogP contribution in [0.25, 0.3) is 11.3 Å². The van der Waals surface area contributed by atoms with Crippen LogP contribution in [0.2, 0.25) is 0 Å². The van der Waals surface area contributed by atoms with E-state index >= 15 is 0 Å². The Bertz CT molecular complexity index is 708. The molecule has 3 aromatic rings. The second-order valence-electron chi connectivity index (χ2n) is 4.13. The van der Waals surface area contributed by atoms with E-state index in [0.717, 1.165) is 5.56 Å². The van der Waals surface area contributed by atoms with Gasteiger partial charge in [0, 0.05) is 29.6 Å². The third-order valence-electron chi connectivity index (χ3n) is 2.76. The van der Waals surface area contributed by atoms with Crippen molar-refractivity contribution < 1.29 is 9.32 Å². The fourth-order valence-electron chi connectivity index (χ4n) is 1.77. The Morgan fingerprint density at radius 1 is 1.05 bits per heavy atom. The van der Waals surface area contributed by atoms with Crippen molar-refractivity contribution in [2.45, 2.75) is 0 Å². The van der Waals surface area contributed by atoms with Crippen LogP contribution >= 0.6 is 0 Å². The van der Waals surface area contributed by atoms with E-state index in [-0.39, 0.29) is 5.91 Å². The Morgan fingerprint density at radius 3 is 2.55 bits per heavy atom. The summed E-state index contributed by atoms with van der Waals surface area (Å²) in [6, 6.07) is 14.6. The van der Waals surface area contributed by atoms with Crippen molar-refractivity contribution >= 4 is 11.8 Å². The molecule has 98 valence electrons. The molecule has 1 aromatic carbocycles. The molecule has 2 aromatic heterocycles. The lowest BCUT2D eigenvalue weighted by molar-refractivity contribution is 0.102. The monoisotopic (exact) mass is 265 g/mol. The van der Waals surface area contributed by atoms with E-state index in [1.54, 1.807) is 30.6 Å². The molecule has 3 rings (SSSR count). The zero-order valence-electron chi connectivity index (χ0n) is 10.5. The Balaban J connectivity index is 1.77. The van der Waals surface area contributed by atoms with Crippen molar-refractivity contribution in [2.75, 3.05) is 5.32 Å². The molecule has 0 aliphatic rings. The average molecular weight is 265 g/mol. The maximum absolute atomic E-state index is 11.9. The lowest BCUT2D eigenvalue weighted by atomic mass is 10.1. The lowest BCUT2D eigenvalue weighted by Crippen LogP contribution is -2.11. The maximum Gasteiger partial charge on any atom is 0.258 e. The van der Waals surface area contributed by atoms with Crippen molar-refractivity contribution in [2.24, 2.45) is 0 Å². The number of carbonyl (C=O) groups excluding carboxylic acids is 1. The third-order valence-corrected chi connectivity index (χ3v) is 2.76. The van der Waals surface area contributed by atoms with Gasteiger partial charge in [-0.3, -0.25) is 15.1 Å². The number of amides is 1.